The summed E-state index contributed by atoms with van der Waals surface area (Å²) in [4.78, 5) is 18.6. The molecule has 31 heavy (non-hydrogen) atoms. The maximum absolute atomic E-state index is 12.0. The molecule has 9 heteroatoms. The van der Waals surface area contributed by atoms with Crippen molar-refractivity contribution in [2.75, 3.05) is 32.0 Å². The first kappa shape index (κ1) is 23.3. The Morgan fingerprint density at radius 1 is 1.19 bits per heavy atom. The first-order chi connectivity index (χ1) is 15.0. The Morgan fingerprint density at radius 3 is 2.81 bits per heavy atom. The number of hydrogen-bond donors (Lipinski definition) is 1. The Labute approximate surface area is 183 Å². The lowest BCUT2D eigenvalue weighted by Gasteiger charge is -2.26. The van der Waals surface area contributed by atoms with Gasteiger partial charge in [-0.15, -0.1) is 0 Å². The summed E-state index contributed by atoms with van der Waals surface area (Å²) in [6.07, 6.45) is 8.46. The zero-order valence-corrected chi connectivity index (χ0v) is 18.6. The van der Waals surface area contributed by atoms with Crippen LogP contribution in [0.5, 0.6) is 5.88 Å². The normalized spacial score (nSPS) is 15.0. The molecule has 1 fully saturated rings. The van der Waals surface area contributed by atoms with E-state index < -0.39 is 21.5 Å². The Morgan fingerprint density at radius 2 is 2.03 bits per heavy atom. The van der Waals surface area contributed by atoms with Crippen molar-refractivity contribution < 1.29 is 22.4 Å². The van der Waals surface area contributed by atoms with E-state index in [0.29, 0.717) is 31.2 Å². The molecule has 8 nitrogen and oxygen atoms in total. The van der Waals surface area contributed by atoms with Gasteiger partial charge in [0.15, 0.2) is 9.84 Å². The lowest BCUT2D eigenvalue weighted by atomic mass is 10.1. The molecule has 0 saturated carbocycles. The number of sulfone groups is 1. The van der Waals surface area contributed by atoms with Gasteiger partial charge in [-0.05, 0) is 62.5 Å². The molecular weight excluding hydrogens is 418 g/mol. The van der Waals surface area contributed by atoms with Gasteiger partial charge in [-0.2, -0.15) is 0 Å². The Kier molecular flexibility index (Phi) is 8.90. The number of hydrogen-bond acceptors (Lipinski definition) is 7. The van der Waals surface area contributed by atoms with Gasteiger partial charge in [-0.3, -0.25) is 9.69 Å². The average Bonchev–Trinajstić information content (AvgIpc) is 3.23. The van der Waals surface area contributed by atoms with Crippen molar-refractivity contribution >= 4 is 15.7 Å². The Balaban J connectivity index is 1.29. The fourth-order valence-electron chi connectivity index (χ4n) is 3.55. The zero-order chi connectivity index (χ0) is 21.9. The number of likely N-dealkylation sites (tertiary alicyclic amines) is 1. The molecule has 1 aliphatic rings. The number of rotatable bonds is 12. The lowest BCUT2D eigenvalue weighted by Crippen LogP contribution is -2.31. The third kappa shape index (κ3) is 8.70. The molecule has 2 aromatic heterocycles. The lowest BCUT2D eigenvalue weighted by molar-refractivity contribution is -0.118. The quantitative estimate of drug-likeness (QED) is 0.497. The minimum Gasteiger partial charge on any atom is -0.478 e. The number of nitrogens with zero attached hydrogens (tertiary/aromatic N) is 2. The van der Waals surface area contributed by atoms with Crippen molar-refractivity contribution in [2.45, 2.75) is 44.4 Å². The van der Waals surface area contributed by atoms with Crippen LogP contribution in [0.2, 0.25) is 0 Å². The van der Waals surface area contributed by atoms with E-state index in [1.165, 1.54) is 31.1 Å². The summed E-state index contributed by atoms with van der Waals surface area (Å²) in [5.74, 6) is -0.371. The number of aromatic nitrogens is 1. The largest absolute Gasteiger partial charge is 0.478 e. The summed E-state index contributed by atoms with van der Waals surface area (Å²) in [7, 11) is -3.54. The van der Waals surface area contributed by atoms with Crippen LogP contribution >= 0.6 is 0 Å². The topological polar surface area (TPSA) is 102 Å². The molecule has 1 saturated heterocycles. The van der Waals surface area contributed by atoms with Gasteiger partial charge in [0.1, 0.15) is 17.3 Å². The highest BCUT2D eigenvalue weighted by molar-refractivity contribution is 7.91. The molecular formula is C22H31N3O5S. The molecule has 0 aliphatic carbocycles. The standard InChI is InChI=1S/C22H31N3O5S/c26-21(18-31(27,28)17-20-7-6-14-29-20)23-9-2-5-13-30-22-15-19(8-10-24-22)16-25-11-3-1-4-12-25/h6-8,10,14-15H,1-5,9,11-13,16-18H2,(H,23,26). The maximum Gasteiger partial charge on any atom is 0.235 e. The minimum atomic E-state index is -3.54. The first-order valence-corrected chi connectivity index (χ1v) is 12.6. The van der Waals surface area contributed by atoms with Crippen molar-refractivity contribution in [1.29, 1.82) is 0 Å². The van der Waals surface area contributed by atoms with E-state index in [1.807, 2.05) is 12.1 Å². The van der Waals surface area contributed by atoms with Gasteiger partial charge in [0.25, 0.3) is 0 Å². The van der Waals surface area contributed by atoms with Crippen LogP contribution < -0.4 is 10.1 Å². The van der Waals surface area contributed by atoms with E-state index in [2.05, 4.69) is 15.2 Å². The maximum atomic E-state index is 12.0. The molecule has 170 valence electrons. The highest BCUT2D eigenvalue weighted by Gasteiger charge is 2.18. The van der Waals surface area contributed by atoms with Crippen LogP contribution in [0, 0.1) is 0 Å². The monoisotopic (exact) mass is 449 g/mol. The Bertz CT molecular complexity index is 909. The smallest absolute Gasteiger partial charge is 0.235 e. The first-order valence-electron chi connectivity index (χ1n) is 10.8. The van der Waals surface area contributed by atoms with Crippen LogP contribution in [-0.2, 0) is 26.9 Å². The van der Waals surface area contributed by atoms with Crippen LogP contribution in [-0.4, -0.2) is 56.2 Å². The summed E-state index contributed by atoms with van der Waals surface area (Å²) in [6, 6.07) is 7.21. The van der Waals surface area contributed by atoms with Crippen molar-refractivity contribution in [3.05, 3.63) is 48.0 Å². The molecule has 0 bridgehead atoms. The van der Waals surface area contributed by atoms with Crippen LogP contribution in [0.3, 0.4) is 0 Å². The number of ether oxygens (including phenoxy) is 1. The van der Waals surface area contributed by atoms with E-state index in [4.69, 9.17) is 9.15 Å². The average molecular weight is 450 g/mol. The van der Waals surface area contributed by atoms with E-state index in [9.17, 15) is 13.2 Å². The van der Waals surface area contributed by atoms with E-state index in [1.54, 1.807) is 18.3 Å². The molecule has 3 heterocycles. The molecule has 0 unspecified atom stereocenters. The molecule has 2 aromatic rings. The van der Waals surface area contributed by atoms with Gasteiger partial charge in [0, 0.05) is 25.4 Å². The van der Waals surface area contributed by atoms with Crippen LogP contribution in [0.1, 0.15) is 43.4 Å². The molecule has 0 spiro atoms. The number of furan rings is 1. The number of nitrogens with one attached hydrogen (secondary N) is 1. The van der Waals surface area contributed by atoms with Crippen LogP contribution in [0.25, 0.3) is 0 Å². The molecule has 1 N–H and O–H groups in total. The van der Waals surface area contributed by atoms with Gasteiger partial charge in [-0.25, -0.2) is 13.4 Å². The fourth-order valence-corrected chi connectivity index (χ4v) is 4.75. The van der Waals surface area contributed by atoms with Crippen molar-refractivity contribution in [2.24, 2.45) is 0 Å². The van der Waals surface area contributed by atoms with Crippen LogP contribution in [0.15, 0.2) is 41.1 Å². The third-order valence-electron chi connectivity index (χ3n) is 5.09. The van der Waals surface area contributed by atoms with Crippen molar-refractivity contribution in [3.8, 4) is 5.88 Å². The highest BCUT2D eigenvalue weighted by atomic mass is 32.2. The summed E-state index contributed by atoms with van der Waals surface area (Å²) in [5.41, 5.74) is 1.20. The van der Waals surface area contributed by atoms with Gasteiger partial charge in [0.05, 0.1) is 12.9 Å². The number of carbonyl (C=O) groups is 1. The Hall–Kier alpha value is -2.39. The SMILES string of the molecule is O=C(CS(=O)(=O)Cc1ccco1)NCCCCOc1cc(CN2CCCCC2)ccn1. The zero-order valence-electron chi connectivity index (χ0n) is 17.8. The highest BCUT2D eigenvalue weighted by Crippen LogP contribution is 2.16. The van der Waals surface area contributed by atoms with Crippen molar-refractivity contribution in [1.82, 2.24) is 15.2 Å². The molecule has 0 aromatic carbocycles. The van der Waals surface area contributed by atoms with E-state index >= 15 is 0 Å². The fraction of sp³-hybridized carbons (Fsp3) is 0.545. The van der Waals surface area contributed by atoms with Gasteiger partial charge < -0.3 is 14.5 Å². The molecule has 1 amide bonds. The molecule has 1 aliphatic heterocycles. The predicted molar refractivity (Wildman–Crippen MR) is 117 cm³/mol. The van der Waals surface area contributed by atoms with Gasteiger partial charge in [-0.1, -0.05) is 6.42 Å². The van der Waals surface area contributed by atoms with Gasteiger partial charge in [0.2, 0.25) is 11.8 Å². The number of unbranched alkanes of at least 4 members (excludes halogenated alkanes) is 1. The second-order valence-electron chi connectivity index (χ2n) is 7.86. The molecule has 0 radical (unpaired) electrons. The van der Waals surface area contributed by atoms with Crippen LogP contribution in [0.4, 0.5) is 0 Å². The summed E-state index contributed by atoms with van der Waals surface area (Å²) >= 11 is 0. The van der Waals surface area contributed by atoms with Crippen molar-refractivity contribution in [3.63, 3.8) is 0 Å². The van der Waals surface area contributed by atoms with E-state index in [0.717, 1.165) is 26.1 Å². The second kappa shape index (κ2) is 11.9. The summed E-state index contributed by atoms with van der Waals surface area (Å²) < 4.78 is 34.8. The third-order valence-corrected chi connectivity index (χ3v) is 6.52. The number of carbonyl (C=O) groups excluding carboxylic acids is 1. The second-order valence-corrected chi connectivity index (χ2v) is 9.92. The number of piperidine rings is 1. The van der Waals surface area contributed by atoms with Gasteiger partial charge >= 0.3 is 0 Å². The number of pyridine rings is 1. The van der Waals surface area contributed by atoms with E-state index in [-0.39, 0.29) is 5.75 Å². The summed E-state index contributed by atoms with van der Waals surface area (Å²) in [6.45, 7) is 4.12. The predicted octanol–water partition coefficient (Wildman–Crippen LogP) is 2.55. The molecule has 3 rings (SSSR count). The number of amides is 1. The minimum absolute atomic E-state index is 0.273. The molecule has 0 atom stereocenters. The summed E-state index contributed by atoms with van der Waals surface area (Å²) in [5, 5.41) is 2.65.